The third kappa shape index (κ3) is 11.3. The van der Waals surface area contributed by atoms with E-state index in [4.69, 9.17) is 10.2 Å². The van der Waals surface area contributed by atoms with Crippen molar-refractivity contribution in [3.8, 4) is 0 Å². The number of carboxylic acid groups (broad SMARTS) is 2. The lowest BCUT2D eigenvalue weighted by atomic mass is 10.1. The number of rotatable bonds is 9. The van der Waals surface area contributed by atoms with Crippen molar-refractivity contribution in [3.05, 3.63) is 35.4 Å². The number of unbranched alkanes of at least 4 members (excludes halogenated alkanes) is 3. The Bertz CT molecular complexity index is 446. The van der Waals surface area contributed by atoms with Gasteiger partial charge in [0.25, 0.3) is 0 Å². The number of benzene rings is 1. The number of carboxylic acids is 2. The van der Waals surface area contributed by atoms with Crippen molar-refractivity contribution >= 4 is 11.9 Å². The van der Waals surface area contributed by atoms with Crippen molar-refractivity contribution in [3.63, 3.8) is 0 Å². The highest BCUT2D eigenvalue weighted by Crippen LogP contribution is 2.04. The summed E-state index contributed by atoms with van der Waals surface area (Å²) in [6.07, 6.45) is 5.41. The summed E-state index contributed by atoms with van der Waals surface area (Å²) >= 11 is 0. The van der Waals surface area contributed by atoms with Crippen LogP contribution in [0.25, 0.3) is 0 Å². The zero-order valence-corrected chi connectivity index (χ0v) is 14.2. The van der Waals surface area contributed by atoms with Crippen LogP contribution in [-0.2, 0) is 0 Å². The fourth-order valence-corrected chi connectivity index (χ4v) is 1.87. The van der Waals surface area contributed by atoms with Gasteiger partial charge in [-0.2, -0.15) is 0 Å². The zero-order chi connectivity index (χ0) is 17.7. The number of nitrogens with one attached hydrogen (secondary N) is 1. The Kier molecular flexibility index (Phi) is 11.6. The van der Waals surface area contributed by atoms with Crippen LogP contribution in [0.4, 0.5) is 0 Å². The second kappa shape index (κ2) is 12.6. The first-order valence-electron chi connectivity index (χ1n) is 7.74. The fourth-order valence-electron chi connectivity index (χ4n) is 1.87. The summed E-state index contributed by atoms with van der Waals surface area (Å²) in [5.41, 5.74) is -0.0372. The lowest BCUT2D eigenvalue weighted by Crippen LogP contribution is -2.13. The molecule has 0 saturated heterocycles. The number of aromatic carboxylic acids is 2. The van der Waals surface area contributed by atoms with Crippen LogP contribution in [0, 0.1) is 0 Å². The number of nitrogens with zero attached hydrogens (tertiary/aromatic N) is 1. The minimum absolute atomic E-state index is 0.0186. The van der Waals surface area contributed by atoms with Gasteiger partial charge in [0, 0.05) is 0 Å². The molecule has 1 rings (SSSR count). The highest BCUT2D eigenvalue weighted by Gasteiger charge is 2.06. The number of hydrogen-bond acceptors (Lipinski definition) is 4. The van der Waals surface area contributed by atoms with Crippen molar-refractivity contribution < 1.29 is 19.8 Å². The Morgan fingerprint density at radius 2 is 1.52 bits per heavy atom. The van der Waals surface area contributed by atoms with E-state index >= 15 is 0 Å². The summed E-state index contributed by atoms with van der Waals surface area (Å²) in [6, 6.07) is 5.20. The molecular formula is C17H28N2O4. The van der Waals surface area contributed by atoms with Crippen molar-refractivity contribution in [1.82, 2.24) is 10.2 Å². The lowest BCUT2D eigenvalue weighted by molar-refractivity contribution is 0.0696. The van der Waals surface area contributed by atoms with Crippen LogP contribution in [0.2, 0.25) is 0 Å². The Morgan fingerprint density at radius 1 is 1.00 bits per heavy atom. The molecule has 6 nitrogen and oxygen atoms in total. The molecule has 6 heteroatoms. The van der Waals surface area contributed by atoms with Crippen LogP contribution in [0.15, 0.2) is 24.3 Å². The van der Waals surface area contributed by atoms with Crippen molar-refractivity contribution in [2.45, 2.75) is 25.7 Å². The molecule has 0 bridgehead atoms. The highest BCUT2D eigenvalue weighted by molar-refractivity contribution is 5.93. The summed E-state index contributed by atoms with van der Waals surface area (Å²) in [6.45, 7) is 2.40. The molecule has 1 aromatic rings. The second-order valence-corrected chi connectivity index (χ2v) is 5.51. The van der Waals surface area contributed by atoms with Gasteiger partial charge in [-0.1, -0.05) is 18.9 Å². The SMILES string of the molecule is CNCCCCCCN(C)C.O=C(O)c1cccc(C(=O)O)c1. The van der Waals surface area contributed by atoms with Gasteiger partial charge < -0.3 is 20.4 Å². The van der Waals surface area contributed by atoms with E-state index in [0.29, 0.717) is 0 Å². The van der Waals surface area contributed by atoms with Gasteiger partial charge in [-0.15, -0.1) is 0 Å². The summed E-state index contributed by atoms with van der Waals surface area (Å²) in [4.78, 5) is 23.0. The molecule has 23 heavy (non-hydrogen) atoms. The summed E-state index contributed by atoms with van der Waals surface area (Å²) < 4.78 is 0. The Balaban J connectivity index is 0.000000423. The van der Waals surface area contributed by atoms with E-state index in [2.05, 4.69) is 24.3 Å². The molecule has 0 fully saturated rings. The molecule has 0 amide bonds. The molecule has 0 aliphatic carbocycles. The topological polar surface area (TPSA) is 89.9 Å². The molecule has 0 aliphatic heterocycles. The van der Waals surface area contributed by atoms with E-state index < -0.39 is 11.9 Å². The predicted molar refractivity (Wildman–Crippen MR) is 91.3 cm³/mol. The van der Waals surface area contributed by atoms with Crippen LogP contribution in [0.5, 0.6) is 0 Å². The first kappa shape index (κ1) is 21.1. The van der Waals surface area contributed by atoms with Gasteiger partial charge in [0.15, 0.2) is 0 Å². The standard InChI is InChI=1S/C9H22N2.C8H6O4/c1-10-8-6-4-5-7-9-11(2)3;9-7(10)5-2-1-3-6(4-5)8(11)12/h10H,4-9H2,1-3H3;1-4H,(H,9,10)(H,11,12). The molecule has 0 unspecified atom stereocenters. The zero-order valence-electron chi connectivity index (χ0n) is 14.2. The van der Waals surface area contributed by atoms with Crippen LogP contribution >= 0.6 is 0 Å². The first-order valence-corrected chi connectivity index (χ1v) is 7.74. The molecule has 0 atom stereocenters. The molecule has 0 radical (unpaired) electrons. The van der Waals surface area contributed by atoms with E-state index in [0.717, 1.165) is 6.07 Å². The second-order valence-electron chi connectivity index (χ2n) is 5.51. The number of carbonyl (C=O) groups is 2. The maximum absolute atomic E-state index is 10.4. The van der Waals surface area contributed by atoms with Gasteiger partial charge in [-0.05, 0) is 65.3 Å². The Labute approximate surface area is 138 Å². The van der Waals surface area contributed by atoms with E-state index in [1.807, 2.05) is 7.05 Å². The normalized spacial score (nSPS) is 10.1. The maximum Gasteiger partial charge on any atom is 0.335 e. The van der Waals surface area contributed by atoms with Gasteiger partial charge in [0.05, 0.1) is 11.1 Å². The van der Waals surface area contributed by atoms with Gasteiger partial charge >= 0.3 is 11.9 Å². The third-order valence-corrected chi connectivity index (χ3v) is 3.14. The van der Waals surface area contributed by atoms with Gasteiger partial charge in [-0.3, -0.25) is 0 Å². The van der Waals surface area contributed by atoms with Gasteiger partial charge in [-0.25, -0.2) is 9.59 Å². The van der Waals surface area contributed by atoms with E-state index in [-0.39, 0.29) is 11.1 Å². The van der Waals surface area contributed by atoms with Crippen LogP contribution in [-0.4, -0.2) is 61.3 Å². The van der Waals surface area contributed by atoms with Crippen LogP contribution in [0.1, 0.15) is 46.4 Å². The van der Waals surface area contributed by atoms with E-state index in [1.165, 1.54) is 57.0 Å². The Morgan fingerprint density at radius 3 is 1.96 bits per heavy atom. The lowest BCUT2D eigenvalue weighted by Gasteiger charge is -2.08. The molecular weight excluding hydrogens is 296 g/mol. The summed E-state index contributed by atoms with van der Waals surface area (Å²) in [7, 11) is 6.28. The molecule has 0 heterocycles. The molecule has 130 valence electrons. The van der Waals surface area contributed by atoms with Crippen LogP contribution < -0.4 is 5.32 Å². The highest BCUT2D eigenvalue weighted by atomic mass is 16.4. The third-order valence-electron chi connectivity index (χ3n) is 3.14. The predicted octanol–water partition coefficient (Wildman–Crippen LogP) is 2.41. The average molecular weight is 324 g/mol. The average Bonchev–Trinajstić information content (AvgIpc) is 2.51. The van der Waals surface area contributed by atoms with Gasteiger partial charge in [0.2, 0.25) is 0 Å². The van der Waals surface area contributed by atoms with Gasteiger partial charge in [0.1, 0.15) is 0 Å². The summed E-state index contributed by atoms with van der Waals surface area (Å²) in [5.74, 6) is -2.25. The molecule has 1 aromatic carbocycles. The summed E-state index contributed by atoms with van der Waals surface area (Å²) in [5, 5.41) is 20.2. The smallest absolute Gasteiger partial charge is 0.335 e. The van der Waals surface area contributed by atoms with Crippen molar-refractivity contribution in [2.24, 2.45) is 0 Å². The van der Waals surface area contributed by atoms with E-state index in [1.54, 1.807) is 0 Å². The minimum atomic E-state index is -1.13. The van der Waals surface area contributed by atoms with Crippen molar-refractivity contribution in [2.75, 3.05) is 34.2 Å². The van der Waals surface area contributed by atoms with E-state index in [9.17, 15) is 9.59 Å². The quantitative estimate of drug-likeness (QED) is 0.604. The Hall–Kier alpha value is -1.92. The van der Waals surface area contributed by atoms with Crippen LogP contribution in [0.3, 0.4) is 0 Å². The first-order chi connectivity index (χ1) is 10.9. The largest absolute Gasteiger partial charge is 0.478 e. The molecule has 0 spiro atoms. The fraction of sp³-hybridized carbons (Fsp3) is 0.529. The molecule has 0 aliphatic rings. The molecule has 3 N–H and O–H groups in total. The monoisotopic (exact) mass is 324 g/mol. The maximum atomic E-state index is 10.4. The minimum Gasteiger partial charge on any atom is -0.478 e. The molecule has 0 saturated carbocycles. The number of hydrogen-bond donors (Lipinski definition) is 3. The molecule has 0 aromatic heterocycles. The van der Waals surface area contributed by atoms with Crippen molar-refractivity contribution in [1.29, 1.82) is 0 Å².